The first-order valence-electron chi connectivity index (χ1n) is 5.19. The first kappa shape index (κ1) is 9.66. The molecule has 0 saturated carbocycles. The van der Waals surface area contributed by atoms with E-state index in [0.717, 1.165) is 30.6 Å². The predicted octanol–water partition coefficient (Wildman–Crippen LogP) is 2.62. The van der Waals surface area contributed by atoms with Crippen molar-refractivity contribution in [1.29, 1.82) is 0 Å². The first-order valence-corrected chi connectivity index (χ1v) is 5.19. The highest BCUT2D eigenvalue weighted by molar-refractivity contribution is 5.24. The highest BCUT2D eigenvalue weighted by Crippen LogP contribution is 2.30. The fourth-order valence-corrected chi connectivity index (χ4v) is 2.04. The van der Waals surface area contributed by atoms with E-state index in [1.807, 2.05) is 31.2 Å². The molecule has 0 aromatic heterocycles. The molecular formula is C12H16FN. The van der Waals surface area contributed by atoms with Gasteiger partial charge in [0.25, 0.3) is 0 Å². The molecule has 1 fully saturated rings. The molecule has 1 aromatic rings. The quantitative estimate of drug-likeness (QED) is 0.761. The van der Waals surface area contributed by atoms with Crippen LogP contribution in [0.15, 0.2) is 24.3 Å². The second kappa shape index (κ2) is 4.09. The van der Waals surface area contributed by atoms with E-state index in [1.54, 1.807) is 0 Å². The van der Waals surface area contributed by atoms with Gasteiger partial charge in [-0.25, -0.2) is 4.39 Å². The third kappa shape index (κ3) is 1.95. The van der Waals surface area contributed by atoms with Crippen molar-refractivity contribution in [2.45, 2.75) is 19.5 Å². The summed E-state index contributed by atoms with van der Waals surface area (Å²) in [5, 5.41) is 3.20. The van der Waals surface area contributed by atoms with Crippen LogP contribution in [0.2, 0.25) is 0 Å². The highest BCUT2D eigenvalue weighted by atomic mass is 19.1. The zero-order valence-corrected chi connectivity index (χ0v) is 8.46. The highest BCUT2D eigenvalue weighted by Gasteiger charge is 2.25. The van der Waals surface area contributed by atoms with E-state index in [0.29, 0.717) is 0 Å². The third-order valence-electron chi connectivity index (χ3n) is 2.87. The van der Waals surface area contributed by atoms with Crippen molar-refractivity contribution in [2.75, 3.05) is 13.1 Å². The Balaban J connectivity index is 2.13. The molecule has 76 valence electrons. The Hall–Kier alpha value is -0.890. The average Bonchev–Trinajstić information content (AvgIpc) is 2.69. The van der Waals surface area contributed by atoms with Gasteiger partial charge in [-0.2, -0.15) is 0 Å². The van der Waals surface area contributed by atoms with Crippen LogP contribution in [0.25, 0.3) is 0 Å². The minimum Gasteiger partial charge on any atom is -0.316 e. The zero-order chi connectivity index (χ0) is 9.97. The molecule has 2 unspecified atom stereocenters. The molecule has 2 heteroatoms. The van der Waals surface area contributed by atoms with Crippen molar-refractivity contribution in [3.8, 4) is 0 Å². The van der Waals surface area contributed by atoms with Gasteiger partial charge in [0.05, 0.1) is 0 Å². The Morgan fingerprint density at radius 2 is 2.36 bits per heavy atom. The fraction of sp³-hybridized carbons (Fsp3) is 0.500. The van der Waals surface area contributed by atoms with Gasteiger partial charge in [-0.3, -0.25) is 0 Å². The third-order valence-corrected chi connectivity index (χ3v) is 2.87. The Bertz CT molecular complexity index is 305. The number of hydrogen-bond donors (Lipinski definition) is 1. The summed E-state index contributed by atoms with van der Waals surface area (Å²) in [5.41, 5.74) is 1.97. The lowest BCUT2D eigenvalue weighted by atomic mass is 9.95. The summed E-state index contributed by atoms with van der Waals surface area (Å²) in [6.45, 7) is 3.77. The Morgan fingerprint density at radius 1 is 1.50 bits per heavy atom. The number of aryl methyl sites for hydroxylation is 1. The summed E-state index contributed by atoms with van der Waals surface area (Å²) in [7, 11) is 0. The molecule has 1 saturated heterocycles. The lowest BCUT2D eigenvalue weighted by Crippen LogP contribution is -2.13. The van der Waals surface area contributed by atoms with Gasteiger partial charge >= 0.3 is 0 Å². The second-order valence-corrected chi connectivity index (χ2v) is 4.07. The topological polar surface area (TPSA) is 12.0 Å². The van der Waals surface area contributed by atoms with Crippen molar-refractivity contribution in [3.63, 3.8) is 0 Å². The normalized spacial score (nSPS) is 23.7. The maximum Gasteiger partial charge on any atom is 0.129 e. The van der Waals surface area contributed by atoms with Crippen LogP contribution >= 0.6 is 0 Å². The van der Waals surface area contributed by atoms with E-state index < -0.39 is 6.17 Å². The van der Waals surface area contributed by atoms with Crippen LogP contribution in [0.1, 0.15) is 23.7 Å². The molecule has 1 heterocycles. The summed E-state index contributed by atoms with van der Waals surface area (Å²) in [6, 6.07) is 7.77. The van der Waals surface area contributed by atoms with E-state index in [1.165, 1.54) is 0 Å². The van der Waals surface area contributed by atoms with Gasteiger partial charge < -0.3 is 5.32 Å². The Labute approximate surface area is 84.3 Å². The lowest BCUT2D eigenvalue weighted by molar-refractivity contribution is 0.246. The maximum absolute atomic E-state index is 14.0. The molecule has 1 aliphatic heterocycles. The van der Waals surface area contributed by atoms with Gasteiger partial charge in [0.2, 0.25) is 0 Å². The summed E-state index contributed by atoms with van der Waals surface area (Å²) in [4.78, 5) is 0. The average molecular weight is 193 g/mol. The molecule has 1 aromatic carbocycles. The molecule has 14 heavy (non-hydrogen) atoms. The molecule has 0 amide bonds. The monoisotopic (exact) mass is 193 g/mol. The summed E-state index contributed by atoms with van der Waals surface area (Å²) >= 11 is 0. The van der Waals surface area contributed by atoms with Crippen molar-refractivity contribution in [2.24, 2.45) is 5.92 Å². The number of alkyl halides is 1. The van der Waals surface area contributed by atoms with E-state index in [9.17, 15) is 4.39 Å². The molecular weight excluding hydrogens is 177 g/mol. The number of rotatable bonds is 2. The van der Waals surface area contributed by atoms with Gasteiger partial charge in [0.1, 0.15) is 6.17 Å². The minimum atomic E-state index is -0.801. The molecule has 0 spiro atoms. The number of nitrogens with one attached hydrogen (secondary N) is 1. The van der Waals surface area contributed by atoms with Gasteiger partial charge in [-0.1, -0.05) is 29.8 Å². The van der Waals surface area contributed by atoms with Crippen LogP contribution < -0.4 is 5.32 Å². The van der Waals surface area contributed by atoms with Crippen molar-refractivity contribution >= 4 is 0 Å². The van der Waals surface area contributed by atoms with E-state index >= 15 is 0 Å². The second-order valence-electron chi connectivity index (χ2n) is 4.07. The van der Waals surface area contributed by atoms with Crippen LogP contribution in [0, 0.1) is 12.8 Å². The Kier molecular flexibility index (Phi) is 2.82. The van der Waals surface area contributed by atoms with Crippen LogP contribution in [0.3, 0.4) is 0 Å². The maximum atomic E-state index is 14.0. The number of hydrogen-bond acceptors (Lipinski definition) is 1. The molecule has 2 rings (SSSR count). The standard InChI is InChI=1S/C12H16FN/c1-9-3-2-4-10(7-9)12(13)11-5-6-14-8-11/h2-4,7,11-12,14H,5-6,8H2,1H3. The molecule has 0 aliphatic carbocycles. The molecule has 0 bridgehead atoms. The summed E-state index contributed by atoms with van der Waals surface area (Å²) in [6.07, 6.45) is 0.152. The molecule has 2 atom stereocenters. The summed E-state index contributed by atoms with van der Waals surface area (Å²) in [5.74, 6) is 0.164. The summed E-state index contributed by atoms with van der Waals surface area (Å²) < 4.78 is 14.0. The first-order chi connectivity index (χ1) is 6.77. The predicted molar refractivity (Wildman–Crippen MR) is 56.0 cm³/mol. The number of benzene rings is 1. The van der Waals surface area contributed by atoms with Crippen molar-refractivity contribution < 1.29 is 4.39 Å². The van der Waals surface area contributed by atoms with E-state index in [4.69, 9.17) is 0 Å². The van der Waals surface area contributed by atoms with Crippen LogP contribution in [0.4, 0.5) is 4.39 Å². The van der Waals surface area contributed by atoms with Crippen molar-refractivity contribution in [3.05, 3.63) is 35.4 Å². The van der Waals surface area contributed by atoms with Crippen LogP contribution in [-0.4, -0.2) is 13.1 Å². The molecule has 0 radical (unpaired) electrons. The van der Waals surface area contributed by atoms with Gasteiger partial charge in [0.15, 0.2) is 0 Å². The van der Waals surface area contributed by atoms with Crippen LogP contribution in [-0.2, 0) is 0 Å². The van der Waals surface area contributed by atoms with E-state index in [-0.39, 0.29) is 5.92 Å². The zero-order valence-electron chi connectivity index (χ0n) is 8.46. The Morgan fingerprint density at radius 3 is 3.00 bits per heavy atom. The van der Waals surface area contributed by atoms with E-state index in [2.05, 4.69) is 5.32 Å². The molecule has 1 nitrogen and oxygen atoms in total. The lowest BCUT2D eigenvalue weighted by Gasteiger charge is -2.15. The fourth-order valence-electron chi connectivity index (χ4n) is 2.04. The van der Waals surface area contributed by atoms with Gasteiger partial charge in [0, 0.05) is 12.5 Å². The van der Waals surface area contributed by atoms with Gasteiger partial charge in [-0.05, 0) is 25.5 Å². The largest absolute Gasteiger partial charge is 0.316 e. The number of halogens is 1. The smallest absolute Gasteiger partial charge is 0.129 e. The molecule has 1 N–H and O–H groups in total. The molecule has 1 aliphatic rings. The van der Waals surface area contributed by atoms with Crippen LogP contribution in [0.5, 0.6) is 0 Å². The minimum absolute atomic E-state index is 0.164. The van der Waals surface area contributed by atoms with Gasteiger partial charge in [-0.15, -0.1) is 0 Å². The van der Waals surface area contributed by atoms with Crippen molar-refractivity contribution in [1.82, 2.24) is 5.32 Å². The SMILES string of the molecule is Cc1cccc(C(F)C2CCNC2)c1.